The van der Waals surface area contributed by atoms with Crippen LogP contribution in [0.2, 0.25) is 0 Å². The molecule has 0 amide bonds. The van der Waals surface area contributed by atoms with Crippen molar-refractivity contribution < 1.29 is 4.74 Å². The van der Waals surface area contributed by atoms with Gasteiger partial charge in [0.1, 0.15) is 18.4 Å². The average Bonchev–Trinajstić information content (AvgIpc) is 3.07. The summed E-state index contributed by atoms with van der Waals surface area (Å²) in [4.78, 5) is 5.21. The molecule has 3 aromatic rings. The number of ether oxygens (including phenoxy) is 1. The van der Waals surface area contributed by atoms with Crippen LogP contribution < -0.4 is 4.74 Å². The van der Waals surface area contributed by atoms with Crippen molar-refractivity contribution in [2.45, 2.75) is 4.90 Å². The van der Waals surface area contributed by atoms with E-state index < -0.39 is 0 Å². The number of nitrogens with zero attached hydrogens (tertiary/aromatic N) is 3. The van der Waals surface area contributed by atoms with Gasteiger partial charge in [0.25, 0.3) is 0 Å². The van der Waals surface area contributed by atoms with E-state index in [9.17, 15) is 0 Å². The predicted octanol–water partition coefficient (Wildman–Crippen LogP) is 3.44. The summed E-state index contributed by atoms with van der Waals surface area (Å²) in [5.41, 5.74) is 0.945. The molecule has 5 heteroatoms. The van der Waals surface area contributed by atoms with Crippen molar-refractivity contribution in [2.75, 3.05) is 12.4 Å². The van der Waals surface area contributed by atoms with Gasteiger partial charge in [0.2, 0.25) is 0 Å². The van der Waals surface area contributed by atoms with Gasteiger partial charge in [-0.25, -0.2) is 9.67 Å². The fourth-order valence-electron chi connectivity index (χ4n) is 1.89. The van der Waals surface area contributed by atoms with Crippen LogP contribution in [0.15, 0.2) is 72.1 Å². The first-order valence-electron chi connectivity index (χ1n) is 6.67. The maximum atomic E-state index is 5.78. The summed E-state index contributed by atoms with van der Waals surface area (Å²) in [6, 6.07) is 18.2. The molecule has 1 heterocycles. The third-order valence-electron chi connectivity index (χ3n) is 2.86. The lowest BCUT2D eigenvalue weighted by Gasteiger charge is -2.08. The Morgan fingerprint density at radius 2 is 1.95 bits per heavy atom. The molecule has 0 bridgehead atoms. The normalized spacial score (nSPS) is 10.5. The zero-order chi connectivity index (χ0) is 14.3. The molecule has 0 saturated heterocycles. The maximum absolute atomic E-state index is 5.78. The standard InChI is InChI=1S/C16H15N3OS/c1-2-7-16(8-3-1)21-10-9-20-15-6-4-5-14(11-15)19-13-17-12-18-19/h1-8,11-13H,9-10H2. The van der Waals surface area contributed by atoms with Crippen LogP contribution in [0.3, 0.4) is 0 Å². The Balaban J connectivity index is 1.53. The zero-order valence-corrected chi connectivity index (χ0v) is 12.2. The lowest BCUT2D eigenvalue weighted by Crippen LogP contribution is -2.01. The van der Waals surface area contributed by atoms with Gasteiger partial charge in [0.15, 0.2) is 0 Å². The molecule has 21 heavy (non-hydrogen) atoms. The van der Waals surface area contributed by atoms with Crippen LogP contribution >= 0.6 is 11.8 Å². The lowest BCUT2D eigenvalue weighted by atomic mass is 10.3. The van der Waals surface area contributed by atoms with E-state index in [1.807, 2.05) is 42.5 Å². The molecular weight excluding hydrogens is 282 g/mol. The Hall–Kier alpha value is -2.27. The quantitative estimate of drug-likeness (QED) is 0.516. The number of thioether (sulfide) groups is 1. The van der Waals surface area contributed by atoms with E-state index >= 15 is 0 Å². The SMILES string of the molecule is c1ccc(SCCOc2cccc(-n3cncn3)c2)cc1. The highest BCUT2D eigenvalue weighted by molar-refractivity contribution is 7.99. The number of hydrogen-bond donors (Lipinski definition) is 0. The topological polar surface area (TPSA) is 39.9 Å². The Labute approximate surface area is 127 Å². The minimum atomic E-state index is 0.667. The monoisotopic (exact) mass is 297 g/mol. The molecule has 0 fully saturated rings. The van der Waals surface area contributed by atoms with E-state index in [-0.39, 0.29) is 0 Å². The molecule has 0 radical (unpaired) electrons. The highest BCUT2D eigenvalue weighted by Crippen LogP contribution is 2.19. The van der Waals surface area contributed by atoms with Crippen LogP contribution in [0.1, 0.15) is 0 Å². The Bertz CT molecular complexity index is 671. The molecule has 0 unspecified atom stereocenters. The van der Waals surface area contributed by atoms with Crippen molar-refractivity contribution in [3.8, 4) is 11.4 Å². The van der Waals surface area contributed by atoms with Gasteiger partial charge in [-0.15, -0.1) is 11.8 Å². The molecule has 0 saturated carbocycles. The average molecular weight is 297 g/mol. The van der Waals surface area contributed by atoms with Gasteiger partial charge in [0, 0.05) is 16.7 Å². The first-order valence-corrected chi connectivity index (χ1v) is 7.66. The second kappa shape index (κ2) is 6.95. The van der Waals surface area contributed by atoms with Crippen molar-refractivity contribution in [1.82, 2.24) is 14.8 Å². The molecule has 0 atom stereocenters. The lowest BCUT2D eigenvalue weighted by molar-refractivity contribution is 0.344. The highest BCUT2D eigenvalue weighted by atomic mass is 32.2. The molecule has 0 aliphatic rings. The van der Waals surface area contributed by atoms with Gasteiger partial charge in [-0.05, 0) is 24.3 Å². The largest absolute Gasteiger partial charge is 0.493 e. The van der Waals surface area contributed by atoms with E-state index in [0.29, 0.717) is 6.61 Å². The van der Waals surface area contributed by atoms with E-state index in [1.165, 1.54) is 11.2 Å². The van der Waals surface area contributed by atoms with Crippen molar-refractivity contribution in [3.63, 3.8) is 0 Å². The smallest absolute Gasteiger partial charge is 0.138 e. The van der Waals surface area contributed by atoms with Crippen LogP contribution in [0.25, 0.3) is 5.69 Å². The second-order valence-corrected chi connectivity index (χ2v) is 5.52. The van der Waals surface area contributed by atoms with Gasteiger partial charge in [-0.1, -0.05) is 24.3 Å². The number of rotatable bonds is 6. The molecule has 0 aliphatic carbocycles. The fraction of sp³-hybridized carbons (Fsp3) is 0.125. The first-order chi connectivity index (χ1) is 10.4. The third-order valence-corrected chi connectivity index (χ3v) is 3.84. The van der Waals surface area contributed by atoms with Crippen LogP contribution in [0.5, 0.6) is 5.75 Å². The van der Waals surface area contributed by atoms with Crippen LogP contribution in [-0.4, -0.2) is 27.1 Å². The summed E-state index contributed by atoms with van der Waals surface area (Å²) in [5.74, 6) is 1.76. The van der Waals surface area contributed by atoms with Crippen molar-refractivity contribution in [1.29, 1.82) is 0 Å². The molecule has 0 N–H and O–H groups in total. The predicted molar refractivity (Wildman–Crippen MR) is 84.0 cm³/mol. The minimum Gasteiger partial charge on any atom is -0.493 e. The van der Waals surface area contributed by atoms with Crippen molar-refractivity contribution in [3.05, 3.63) is 67.3 Å². The molecule has 106 valence electrons. The minimum absolute atomic E-state index is 0.667. The van der Waals surface area contributed by atoms with Crippen LogP contribution in [0.4, 0.5) is 0 Å². The van der Waals surface area contributed by atoms with Crippen molar-refractivity contribution in [2.24, 2.45) is 0 Å². The van der Waals surface area contributed by atoms with Crippen LogP contribution in [-0.2, 0) is 0 Å². The van der Waals surface area contributed by atoms with E-state index in [2.05, 4.69) is 22.2 Å². The first kappa shape index (κ1) is 13.7. The summed E-state index contributed by atoms with van der Waals surface area (Å²) >= 11 is 1.79. The summed E-state index contributed by atoms with van der Waals surface area (Å²) in [5, 5.41) is 4.11. The summed E-state index contributed by atoms with van der Waals surface area (Å²) < 4.78 is 7.50. The fourth-order valence-corrected chi connectivity index (χ4v) is 2.65. The van der Waals surface area contributed by atoms with E-state index in [4.69, 9.17) is 4.74 Å². The highest BCUT2D eigenvalue weighted by Gasteiger charge is 2.00. The van der Waals surface area contributed by atoms with Gasteiger partial charge >= 0.3 is 0 Å². The number of benzene rings is 2. The molecule has 1 aromatic heterocycles. The van der Waals surface area contributed by atoms with E-state index in [1.54, 1.807) is 22.8 Å². The molecule has 3 rings (SSSR count). The Morgan fingerprint density at radius 3 is 2.76 bits per heavy atom. The Kier molecular flexibility index (Phi) is 4.53. The van der Waals surface area contributed by atoms with Gasteiger partial charge in [0.05, 0.1) is 12.3 Å². The number of aromatic nitrogens is 3. The summed E-state index contributed by atoms with van der Waals surface area (Å²) in [7, 11) is 0. The molecule has 4 nitrogen and oxygen atoms in total. The summed E-state index contributed by atoms with van der Waals surface area (Å²) in [6.45, 7) is 0.667. The Morgan fingerprint density at radius 1 is 1.05 bits per heavy atom. The summed E-state index contributed by atoms with van der Waals surface area (Å²) in [6.07, 6.45) is 3.19. The zero-order valence-electron chi connectivity index (χ0n) is 11.4. The molecule has 2 aromatic carbocycles. The maximum Gasteiger partial charge on any atom is 0.138 e. The van der Waals surface area contributed by atoms with Gasteiger partial charge < -0.3 is 4.74 Å². The second-order valence-electron chi connectivity index (χ2n) is 4.35. The van der Waals surface area contributed by atoms with Gasteiger partial charge in [-0.2, -0.15) is 5.10 Å². The van der Waals surface area contributed by atoms with Gasteiger partial charge in [-0.3, -0.25) is 0 Å². The van der Waals surface area contributed by atoms with Crippen LogP contribution in [0, 0.1) is 0 Å². The number of hydrogen-bond acceptors (Lipinski definition) is 4. The molecule has 0 spiro atoms. The van der Waals surface area contributed by atoms with E-state index in [0.717, 1.165) is 17.2 Å². The molecule has 0 aliphatic heterocycles. The molecular formula is C16H15N3OS. The van der Waals surface area contributed by atoms with Crippen molar-refractivity contribution >= 4 is 11.8 Å². The third kappa shape index (κ3) is 3.86.